The highest BCUT2D eigenvalue weighted by Gasteiger charge is 2.14. The van der Waals surface area contributed by atoms with E-state index in [0.717, 1.165) is 10.8 Å². The van der Waals surface area contributed by atoms with Crippen LogP contribution < -0.4 is 5.32 Å². The lowest BCUT2D eigenvalue weighted by Gasteiger charge is -2.19. The van der Waals surface area contributed by atoms with E-state index in [9.17, 15) is 9.90 Å². The van der Waals surface area contributed by atoms with Crippen LogP contribution in [0.5, 0.6) is 5.75 Å². The molecule has 4 rings (SSSR count). The summed E-state index contributed by atoms with van der Waals surface area (Å²) in [5.41, 5.74) is 3.83. The van der Waals surface area contributed by atoms with Gasteiger partial charge in [-0.15, -0.1) is 0 Å². The number of carbonyl (C=O) groups is 1. The van der Waals surface area contributed by atoms with Crippen LogP contribution in [0.4, 0.5) is 11.4 Å². The van der Waals surface area contributed by atoms with Gasteiger partial charge in [0.2, 0.25) is 0 Å². The standard InChI is InChI=1S/C28H26N2O2/c1-28(2,3)21-14-11-20(12-15-21)27(32)30-23-9-6-8-22(17-23)29-18-25-24-10-5-4-7-19(24)13-16-26(25)31/h4-18,31H,1-3H3,(H,30,32). The van der Waals surface area contributed by atoms with Crippen LogP contribution in [0, 0.1) is 0 Å². The van der Waals surface area contributed by atoms with E-state index >= 15 is 0 Å². The van der Waals surface area contributed by atoms with Crippen molar-refractivity contribution in [3.8, 4) is 5.75 Å². The number of anilines is 1. The molecule has 0 heterocycles. The number of nitrogens with zero attached hydrogens (tertiary/aromatic N) is 1. The number of amides is 1. The van der Waals surface area contributed by atoms with E-state index in [2.05, 4.69) is 31.1 Å². The molecule has 4 heteroatoms. The van der Waals surface area contributed by atoms with Gasteiger partial charge >= 0.3 is 0 Å². The van der Waals surface area contributed by atoms with E-state index in [1.54, 1.807) is 18.3 Å². The molecule has 0 aliphatic heterocycles. The molecule has 0 saturated heterocycles. The Hall–Kier alpha value is -3.92. The van der Waals surface area contributed by atoms with Gasteiger partial charge in [0.15, 0.2) is 0 Å². The third-order valence-corrected chi connectivity index (χ3v) is 5.41. The van der Waals surface area contributed by atoms with E-state index < -0.39 is 0 Å². The second-order valence-corrected chi connectivity index (χ2v) is 8.81. The Labute approximate surface area is 188 Å². The molecule has 0 saturated carbocycles. The minimum atomic E-state index is -0.168. The summed E-state index contributed by atoms with van der Waals surface area (Å²) in [5.74, 6) is 0.00824. The van der Waals surface area contributed by atoms with Crippen LogP contribution >= 0.6 is 0 Å². The molecule has 4 aromatic rings. The van der Waals surface area contributed by atoms with Gasteiger partial charge < -0.3 is 10.4 Å². The molecule has 0 fully saturated rings. The zero-order chi connectivity index (χ0) is 22.7. The average Bonchev–Trinajstić information content (AvgIpc) is 2.78. The topological polar surface area (TPSA) is 61.7 Å². The Kier molecular flexibility index (Phi) is 5.78. The van der Waals surface area contributed by atoms with Crippen molar-refractivity contribution in [2.24, 2.45) is 4.99 Å². The summed E-state index contributed by atoms with van der Waals surface area (Å²) in [4.78, 5) is 17.2. The largest absolute Gasteiger partial charge is 0.507 e. The first kappa shape index (κ1) is 21.3. The summed E-state index contributed by atoms with van der Waals surface area (Å²) < 4.78 is 0. The molecule has 2 N–H and O–H groups in total. The van der Waals surface area contributed by atoms with E-state index in [1.807, 2.05) is 72.8 Å². The van der Waals surface area contributed by atoms with E-state index in [4.69, 9.17) is 0 Å². The molecule has 0 radical (unpaired) electrons. The van der Waals surface area contributed by atoms with Crippen molar-refractivity contribution >= 4 is 34.3 Å². The molecule has 0 aliphatic carbocycles. The maximum atomic E-state index is 12.7. The number of rotatable bonds is 4. The zero-order valence-corrected chi connectivity index (χ0v) is 18.5. The summed E-state index contributed by atoms with van der Waals surface area (Å²) in [6, 6.07) is 26.4. The van der Waals surface area contributed by atoms with Gasteiger partial charge in [-0.3, -0.25) is 9.79 Å². The van der Waals surface area contributed by atoms with Gasteiger partial charge in [0.25, 0.3) is 5.91 Å². The predicted octanol–water partition coefficient (Wildman–Crippen LogP) is 6.85. The van der Waals surface area contributed by atoms with Crippen LogP contribution in [-0.2, 0) is 5.41 Å². The second-order valence-electron chi connectivity index (χ2n) is 8.81. The summed E-state index contributed by atoms with van der Waals surface area (Å²) in [5, 5.41) is 15.2. The monoisotopic (exact) mass is 422 g/mol. The number of nitrogens with one attached hydrogen (secondary N) is 1. The minimum Gasteiger partial charge on any atom is -0.507 e. The molecule has 4 aromatic carbocycles. The van der Waals surface area contributed by atoms with Crippen molar-refractivity contribution in [3.63, 3.8) is 0 Å². The first-order valence-corrected chi connectivity index (χ1v) is 10.6. The first-order chi connectivity index (χ1) is 15.3. The lowest BCUT2D eigenvalue weighted by Crippen LogP contribution is -2.14. The quantitative estimate of drug-likeness (QED) is 0.353. The Morgan fingerprint density at radius 1 is 0.906 bits per heavy atom. The van der Waals surface area contributed by atoms with Gasteiger partial charge in [0, 0.05) is 23.0 Å². The number of aliphatic imine (C=N–C) groups is 1. The fourth-order valence-corrected chi connectivity index (χ4v) is 3.55. The molecule has 0 spiro atoms. The highest BCUT2D eigenvalue weighted by atomic mass is 16.3. The van der Waals surface area contributed by atoms with Gasteiger partial charge in [0.1, 0.15) is 5.75 Å². The number of phenols is 1. The fraction of sp³-hybridized carbons (Fsp3) is 0.143. The van der Waals surface area contributed by atoms with Crippen molar-refractivity contribution in [1.82, 2.24) is 0 Å². The Morgan fingerprint density at radius 2 is 1.66 bits per heavy atom. The zero-order valence-electron chi connectivity index (χ0n) is 18.5. The number of carbonyl (C=O) groups excluding carboxylic acids is 1. The van der Waals surface area contributed by atoms with Crippen LogP contribution in [0.1, 0.15) is 42.3 Å². The third-order valence-electron chi connectivity index (χ3n) is 5.41. The van der Waals surface area contributed by atoms with Crippen LogP contribution in [-0.4, -0.2) is 17.2 Å². The maximum Gasteiger partial charge on any atom is 0.255 e. The molecule has 0 unspecified atom stereocenters. The number of phenolic OH excluding ortho intramolecular Hbond substituents is 1. The van der Waals surface area contributed by atoms with E-state index in [-0.39, 0.29) is 17.1 Å². The summed E-state index contributed by atoms with van der Waals surface area (Å²) >= 11 is 0. The van der Waals surface area contributed by atoms with Gasteiger partial charge in [-0.05, 0) is 58.1 Å². The Bertz CT molecular complexity index is 1300. The van der Waals surface area contributed by atoms with Crippen LogP contribution in [0.2, 0.25) is 0 Å². The van der Waals surface area contributed by atoms with Gasteiger partial charge in [-0.25, -0.2) is 0 Å². The molecule has 0 bridgehead atoms. The van der Waals surface area contributed by atoms with E-state index in [0.29, 0.717) is 22.5 Å². The number of fused-ring (bicyclic) bond motifs is 1. The van der Waals surface area contributed by atoms with Crippen molar-refractivity contribution in [1.29, 1.82) is 0 Å². The van der Waals surface area contributed by atoms with Gasteiger partial charge in [-0.2, -0.15) is 0 Å². The third kappa shape index (κ3) is 4.70. The lowest BCUT2D eigenvalue weighted by atomic mass is 9.87. The average molecular weight is 423 g/mol. The number of hydrogen-bond acceptors (Lipinski definition) is 3. The molecule has 0 aliphatic rings. The molecule has 32 heavy (non-hydrogen) atoms. The lowest BCUT2D eigenvalue weighted by molar-refractivity contribution is 0.102. The van der Waals surface area contributed by atoms with Crippen molar-refractivity contribution in [2.75, 3.05) is 5.32 Å². The van der Waals surface area contributed by atoms with Crippen molar-refractivity contribution in [3.05, 3.63) is 102 Å². The van der Waals surface area contributed by atoms with Crippen molar-refractivity contribution in [2.45, 2.75) is 26.2 Å². The molecule has 1 amide bonds. The fourth-order valence-electron chi connectivity index (χ4n) is 3.55. The van der Waals surface area contributed by atoms with Gasteiger partial charge in [0.05, 0.1) is 5.69 Å². The first-order valence-electron chi connectivity index (χ1n) is 10.6. The highest BCUT2D eigenvalue weighted by Crippen LogP contribution is 2.27. The maximum absolute atomic E-state index is 12.7. The second kappa shape index (κ2) is 8.67. The number of aromatic hydroxyl groups is 1. The predicted molar refractivity (Wildman–Crippen MR) is 132 cm³/mol. The molecule has 160 valence electrons. The van der Waals surface area contributed by atoms with Crippen LogP contribution in [0.15, 0.2) is 89.9 Å². The normalized spacial score (nSPS) is 11.7. The molecule has 4 nitrogen and oxygen atoms in total. The van der Waals surface area contributed by atoms with Gasteiger partial charge in [-0.1, -0.05) is 69.3 Å². The van der Waals surface area contributed by atoms with Crippen molar-refractivity contribution < 1.29 is 9.90 Å². The van der Waals surface area contributed by atoms with Crippen LogP contribution in [0.3, 0.4) is 0 Å². The smallest absolute Gasteiger partial charge is 0.255 e. The van der Waals surface area contributed by atoms with Crippen LogP contribution in [0.25, 0.3) is 10.8 Å². The summed E-state index contributed by atoms with van der Waals surface area (Å²) in [6.45, 7) is 6.43. The highest BCUT2D eigenvalue weighted by molar-refractivity contribution is 6.05. The summed E-state index contributed by atoms with van der Waals surface area (Å²) in [6.07, 6.45) is 1.66. The molecular formula is C28H26N2O2. The molecule has 0 atom stereocenters. The summed E-state index contributed by atoms with van der Waals surface area (Å²) in [7, 11) is 0. The Balaban J connectivity index is 1.53. The number of benzene rings is 4. The SMILES string of the molecule is CC(C)(C)c1ccc(C(=O)Nc2cccc(N=Cc3c(O)ccc4ccccc34)c2)cc1. The number of hydrogen-bond donors (Lipinski definition) is 2. The minimum absolute atomic E-state index is 0.0415. The molecule has 0 aromatic heterocycles. The molecular weight excluding hydrogens is 396 g/mol. The van der Waals surface area contributed by atoms with E-state index in [1.165, 1.54) is 5.56 Å². The Morgan fingerprint density at radius 3 is 2.41 bits per heavy atom.